The Kier molecular flexibility index (Phi) is 7.89. The van der Waals surface area contributed by atoms with E-state index in [1.54, 1.807) is 0 Å². The van der Waals surface area contributed by atoms with Crippen molar-refractivity contribution in [3.63, 3.8) is 0 Å². The second-order valence-electron chi connectivity index (χ2n) is 7.44. The van der Waals surface area contributed by atoms with Crippen LogP contribution in [0.1, 0.15) is 26.3 Å². The first-order chi connectivity index (χ1) is 17.1. The normalized spacial score (nSPS) is 12.3. The Morgan fingerprint density at radius 3 is 1.95 bits per heavy atom. The van der Waals surface area contributed by atoms with Crippen molar-refractivity contribution in [1.29, 1.82) is 0 Å². The second kappa shape index (κ2) is 10.3. The van der Waals surface area contributed by atoms with Gasteiger partial charge in [-0.3, -0.25) is 9.59 Å². The van der Waals surface area contributed by atoms with E-state index in [0.29, 0.717) is 0 Å². The maximum atomic E-state index is 14.6. The fourth-order valence-electron chi connectivity index (χ4n) is 3.15. The number of hydrogen-bond donors (Lipinski definition) is 2. The molecule has 0 saturated carbocycles. The average molecular weight is 616 g/mol. The first-order valence-electron chi connectivity index (χ1n) is 9.85. The van der Waals surface area contributed by atoms with Crippen LogP contribution in [0.25, 0.3) is 0 Å². The third kappa shape index (κ3) is 5.72. The van der Waals surface area contributed by atoms with Crippen LogP contribution in [0.5, 0.6) is 0 Å². The molecule has 0 fully saturated rings. The minimum Gasteiger partial charge on any atom is -0.322 e. The molecule has 0 radical (unpaired) electrons. The zero-order valence-corrected chi connectivity index (χ0v) is 20.2. The molecule has 3 aromatic rings. The number of rotatable bonds is 5. The van der Waals surface area contributed by atoms with Gasteiger partial charge in [0, 0.05) is 15.7 Å². The van der Waals surface area contributed by atoms with E-state index in [4.69, 9.17) is 11.6 Å². The van der Waals surface area contributed by atoms with Crippen molar-refractivity contribution in [3.05, 3.63) is 93.5 Å². The van der Waals surface area contributed by atoms with E-state index in [1.807, 2.05) is 5.32 Å². The molecule has 0 aliphatic carbocycles. The summed E-state index contributed by atoms with van der Waals surface area (Å²) >= 11 is 7.61. The molecule has 3 aromatic carbocycles. The van der Waals surface area contributed by atoms with Gasteiger partial charge in [-0.2, -0.15) is 26.3 Å². The van der Waals surface area contributed by atoms with Gasteiger partial charge < -0.3 is 10.6 Å². The quantitative estimate of drug-likeness (QED) is 0.227. The lowest BCUT2D eigenvalue weighted by atomic mass is 9.96. The molecule has 3 rings (SSSR count). The topological polar surface area (TPSA) is 58.2 Å². The fraction of sp³-hybridized carbons (Fsp3) is 0.130. The summed E-state index contributed by atoms with van der Waals surface area (Å²) in [4.78, 5) is 20.0. The fourth-order valence-corrected chi connectivity index (χ4v) is 3.79. The van der Waals surface area contributed by atoms with Crippen LogP contribution < -0.4 is 10.6 Å². The summed E-state index contributed by atoms with van der Waals surface area (Å²) in [6.07, 6.45) is -12.1. The van der Waals surface area contributed by atoms with Gasteiger partial charge >= 0.3 is 12.4 Å². The molecule has 0 bridgehead atoms. The average Bonchev–Trinajstić information content (AvgIpc) is 2.79. The predicted molar refractivity (Wildman–Crippen MR) is 122 cm³/mol. The summed E-state index contributed by atoms with van der Waals surface area (Å²) < 4.78 is 107. The van der Waals surface area contributed by atoms with Crippen LogP contribution >= 0.6 is 27.5 Å². The van der Waals surface area contributed by atoms with Gasteiger partial charge in [-0.25, -0.2) is 8.78 Å². The number of benzene rings is 3. The van der Waals surface area contributed by atoms with E-state index in [-0.39, 0.29) is 28.9 Å². The summed E-state index contributed by atoms with van der Waals surface area (Å²) in [5.74, 6) is -4.30. The molecule has 14 heteroatoms. The van der Waals surface area contributed by atoms with E-state index in [2.05, 4.69) is 21.2 Å². The molecule has 196 valence electrons. The van der Waals surface area contributed by atoms with Crippen LogP contribution in [0.2, 0.25) is 0 Å². The lowest BCUT2D eigenvalue weighted by Crippen LogP contribution is -2.49. The number of amides is 2. The number of carbonyl (C=O) groups is 2. The lowest BCUT2D eigenvalue weighted by molar-refractivity contribution is -0.272. The Morgan fingerprint density at radius 1 is 0.757 bits per heavy atom. The highest BCUT2D eigenvalue weighted by atomic mass is 79.9. The van der Waals surface area contributed by atoms with E-state index >= 15 is 0 Å². The van der Waals surface area contributed by atoms with E-state index in [9.17, 15) is 44.7 Å². The maximum absolute atomic E-state index is 14.6. The van der Waals surface area contributed by atoms with Gasteiger partial charge in [0.15, 0.2) is 0 Å². The molecule has 0 heterocycles. The first kappa shape index (κ1) is 28.4. The van der Waals surface area contributed by atoms with Crippen molar-refractivity contribution in [1.82, 2.24) is 0 Å². The number of carbonyl (C=O) groups excluding carboxylic acids is 2. The molecule has 4 nitrogen and oxygen atoms in total. The van der Waals surface area contributed by atoms with Gasteiger partial charge in [0.25, 0.3) is 16.7 Å². The Morgan fingerprint density at radius 2 is 1.38 bits per heavy atom. The molecule has 0 aromatic heterocycles. The number of alkyl halides is 7. The SMILES string of the molecule is O=C(Nc1c(F)cc(C(Cl)(C(F)(F)F)C(F)(F)F)cc1Br)c1cccc(NC(=O)c2ccccc2F)c1. The van der Waals surface area contributed by atoms with Crippen molar-refractivity contribution in [2.45, 2.75) is 17.2 Å². The molecule has 0 saturated heterocycles. The van der Waals surface area contributed by atoms with Crippen LogP contribution in [0.4, 0.5) is 46.5 Å². The molecule has 0 unspecified atom stereocenters. The number of nitrogens with one attached hydrogen (secondary N) is 2. The summed E-state index contributed by atoms with van der Waals surface area (Å²) in [6, 6.07) is 10.3. The van der Waals surface area contributed by atoms with Crippen molar-refractivity contribution in [2.24, 2.45) is 0 Å². The highest BCUT2D eigenvalue weighted by Crippen LogP contribution is 2.55. The van der Waals surface area contributed by atoms with Crippen molar-refractivity contribution >= 4 is 50.7 Å². The third-order valence-corrected chi connectivity index (χ3v) is 6.23. The largest absolute Gasteiger partial charge is 0.420 e. The molecule has 0 aliphatic rings. The Balaban J connectivity index is 1.87. The third-order valence-electron chi connectivity index (χ3n) is 4.96. The zero-order valence-electron chi connectivity index (χ0n) is 17.9. The first-order valence-corrected chi connectivity index (χ1v) is 11.0. The van der Waals surface area contributed by atoms with Crippen molar-refractivity contribution in [3.8, 4) is 0 Å². The maximum Gasteiger partial charge on any atom is 0.420 e. The van der Waals surface area contributed by atoms with Crippen LogP contribution in [-0.4, -0.2) is 24.2 Å². The lowest BCUT2D eigenvalue weighted by Gasteiger charge is -2.32. The van der Waals surface area contributed by atoms with Crippen LogP contribution in [0.3, 0.4) is 0 Å². The highest BCUT2D eigenvalue weighted by molar-refractivity contribution is 9.10. The zero-order chi connectivity index (χ0) is 27.8. The molecular formula is C23H12BrClF8N2O2. The van der Waals surface area contributed by atoms with Gasteiger partial charge in [-0.15, -0.1) is 0 Å². The van der Waals surface area contributed by atoms with Crippen LogP contribution in [0.15, 0.2) is 65.1 Å². The van der Waals surface area contributed by atoms with Gasteiger partial charge in [0.05, 0.1) is 11.3 Å². The summed E-state index contributed by atoms with van der Waals surface area (Å²) in [5.41, 5.74) is -2.85. The minimum absolute atomic E-state index is 0.0399. The van der Waals surface area contributed by atoms with Crippen molar-refractivity contribution < 1.29 is 44.7 Å². The molecule has 0 aliphatic heterocycles. The van der Waals surface area contributed by atoms with Gasteiger partial charge in [0.2, 0.25) is 0 Å². The Bertz CT molecular complexity index is 1320. The van der Waals surface area contributed by atoms with Gasteiger partial charge in [-0.05, 0) is 64.0 Å². The minimum atomic E-state index is -6.03. The summed E-state index contributed by atoms with van der Waals surface area (Å²) in [7, 11) is 0. The Labute approximate surface area is 216 Å². The monoisotopic (exact) mass is 614 g/mol. The standard InChI is InChI=1S/C23H12BrClF8N2O2/c24-15-9-12(21(25,22(28,29)30)23(31,32)33)10-17(27)18(15)35-19(36)11-4-3-5-13(8-11)34-20(37)14-6-1-2-7-16(14)26/h1-10H,(H,34,37)(H,35,36). The van der Waals surface area contributed by atoms with E-state index in [0.717, 1.165) is 12.1 Å². The molecule has 37 heavy (non-hydrogen) atoms. The van der Waals surface area contributed by atoms with E-state index < -0.39 is 56.4 Å². The molecule has 2 N–H and O–H groups in total. The summed E-state index contributed by atoms with van der Waals surface area (Å²) in [6.45, 7) is 0. The number of hydrogen-bond acceptors (Lipinski definition) is 2. The second-order valence-corrected chi connectivity index (χ2v) is 8.86. The van der Waals surface area contributed by atoms with Crippen molar-refractivity contribution in [2.75, 3.05) is 10.6 Å². The van der Waals surface area contributed by atoms with Crippen LogP contribution in [-0.2, 0) is 4.87 Å². The molecule has 2 amide bonds. The smallest absolute Gasteiger partial charge is 0.322 e. The number of halogens is 10. The molecule has 0 atom stereocenters. The Hall–Kier alpha value is -3.19. The van der Waals surface area contributed by atoms with Gasteiger partial charge in [0.1, 0.15) is 11.6 Å². The molecule has 0 spiro atoms. The predicted octanol–water partition coefficient (Wildman–Crippen LogP) is 7.79. The number of anilines is 2. The summed E-state index contributed by atoms with van der Waals surface area (Å²) in [5, 5.41) is 4.40. The highest BCUT2D eigenvalue weighted by Gasteiger charge is 2.71. The molecular weight excluding hydrogens is 604 g/mol. The van der Waals surface area contributed by atoms with Crippen LogP contribution in [0, 0.1) is 11.6 Å². The van der Waals surface area contributed by atoms with Gasteiger partial charge in [-0.1, -0.05) is 29.8 Å². The van der Waals surface area contributed by atoms with E-state index in [1.165, 1.54) is 36.4 Å².